The van der Waals surface area contributed by atoms with Gasteiger partial charge in [-0.3, -0.25) is 18.6 Å². The molecule has 11 heteroatoms. The van der Waals surface area contributed by atoms with Gasteiger partial charge < -0.3 is 24.8 Å². The van der Waals surface area contributed by atoms with Crippen LogP contribution in [0.4, 0.5) is 0 Å². The molecular formula is C47H84NO9P. The number of unbranched alkanes of at least 4 members (excludes halogenated alkanes) is 18. The number of esters is 2. The molecule has 1 aliphatic heterocycles. The van der Waals surface area contributed by atoms with Crippen LogP contribution in [0.5, 0.6) is 0 Å². The zero-order valence-corrected chi connectivity index (χ0v) is 37.6. The molecule has 1 rings (SSSR count). The van der Waals surface area contributed by atoms with E-state index >= 15 is 0 Å². The molecule has 1 fully saturated rings. The zero-order valence-electron chi connectivity index (χ0n) is 36.7. The smallest absolute Gasteiger partial charge is 0.462 e. The Balaban J connectivity index is 2.20. The van der Waals surface area contributed by atoms with Gasteiger partial charge in [-0.25, -0.2) is 4.57 Å². The van der Waals surface area contributed by atoms with E-state index in [1.807, 2.05) is 0 Å². The van der Waals surface area contributed by atoms with Crippen LogP contribution in [-0.4, -0.2) is 61.5 Å². The summed E-state index contributed by atoms with van der Waals surface area (Å²) in [6.07, 6.45) is 47.3. The van der Waals surface area contributed by atoms with Gasteiger partial charge in [-0.15, -0.1) is 0 Å². The number of rotatable bonds is 42. The first kappa shape index (κ1) is 53.9. The van der Waals surface area contributed by atoms with Gasteiger partial charge in [-0.1, -0.05) is 152 Å². The molecule has 0 aromatic heterocycles. The van der Waals surface area contributed by atoms with Gasteiger partial charge in [0.15, 0.2) is 6.10 Å². The van der Waals surface area contributed by atoms with Crippen LogP contribution in [0.2, 0.25) is 0 Å². The summed E-state index contributed by atoms with van der Waals surface area (Å²) < 4.78 is 38.6. The van der Waals surface area contributed by atoms with Crippen molar-refractivity contribution in [3.63, 3.8) is 0 Å². The standard InChI is InChI=1S/C47H84NO9P/c1-3-5-7-9-11-13-15-17-18-19-20-21-22-23-25-27-29-31-33-37-46(49)53-41-43(42-55-58(51,52)54-40-39-48)56-47(50)38-34-36-45-44(57-45)35-32-30-28-26-24-16-14-12-10-8-6-4-2/h12,14,17-18,24,26,30,32,43-45H,3-11,13,15-16,19-23,25,27-29,31,33-42,48H2,1-2H3,(H,51,52)/b14-12-,18-17-,26-24-,32-30-/t43-,44?,45?/m1/s1. The van der Waals surface area contributed by atoms with Crippen LogP contribution in [0, 0.1) is 0 Å². The normalized spacial score (nSPS) is 17.2. The summed E-state index contributed by atoms with van der Waals surface area (Å²) >= 11 is 0. The van der Waals surface area contributed by atoms with E-state index in [-0.39, 0.29) is 44.8 Å². The third kappa shape index (κ3) is 35.8. The summed E-state index contributed by atoms with van der Waals surface area (Å²) in [4.78, 5) is 35.1. The predicted molar refractivity (Wildman–Crippen MR) is 237 cm³/mol. The number of hydrogen-bond donors (Lipinski definition) is 2. The van der Waals surface area contributed by atoms with E-state index in [9.17, 15) is 19.0 Å². The van der Waals surface area contributed by atoms with Crippen LogP contribution in [0.15, 0.2) is 48.6 Å². The average Bonchev–Trinajstić information content (AvgIpc) is 3.97. The number of carbonyl (C=O) groups is 2. The molecule has 0 spiro atoms. The highest BCUT2D eigenvalue weighted by Crippen LogP contribution is 2.43. The first-order valence-corrected chi connectivity index (χ1v) is 24.7. The lowest BCUT2D eigenvalue weighted by molar-refractivity contribution is -0.161. The Morgan fingerprint density at radius 1 is 0.621 bits per heavy atom. The molecule has 10 nitrogen and oxygen atoms in total. The molecule has 0 radical (unpaired) electrons. The van der Waals surface area contributed by atoms with E-state index in [0.29, 0.717) is 6.42 Å². The second-order valence-corrected chi connectivity index (χ2v) is 17.1. The second kappa shape index (κ2) is 39.1. The highest BCUT2D eigenvalue weighted by molar-refractivity contribution is 7.47. The maximum absolute atomic E-state index is 12.7. The highest BCUT2D eigenvalue weighted by Gasteiger charge is 2.37. The Morgan fingerprint density at radius 2 is 1.12 bits per heavy atom. The molecule has 0 aromatic rings. The number of nitrogens with two attached hydrogens (primary N) is 1. The number of ether oxygens (including phenoxy) is 3. The van der Waals surface area contributed by atoms with Crippen molar-refractivity contribution in [1.82, 2.24) is 0 Å². The Kier molecular flexibility index (Phi) is 36.4. The van der Waals surface area contributed by atoms with Gasteiger partial charge in [0, 0.05) is 19.4 Å². The summed E-state index contributed by atoms with van der Waals surface area (Å²) in [5, 5.41) is 0. The zero-order chi connectivity index (χ0) is 42.2. The maximum Gasteiger partial charge on any atom is 0.472 e. The second-order valence-electron chi connectivity index (χ2n) is 15.7. The topological polar surface area (TPSA) is 147 Å². The molecule has 1 aliphatic rings. The molecule has 1 saturated heterocycles. The Labute approximate surface area is 353 Å². The van der Waals surface area contributed by atoms with Gasteiger partial charge in [0.2, 0.25) is 0 Å². The van der Waals surface area contributed by atoms with Crippen molar-refractivity contribution < 1.29 is 42.3 Å². The average molecular weight is 838 g/mol. The molecule has 0 aliphatic carbocycles. The highest BCUT2D eigenvalue weighted by atomic mass is 31.2. The fourth-order valence-electron chi connectivity index (χ4n) is 6.54. The number of phosphoric ester groups is 1. The maximum atomic E-state index is 12.7. The molecule has 3 N–H and O–H groups in total. The van der Waals surface area contributed by atoms with Gasteiger partial charge in [0.1, 0.15) is 6.61 Å². The summed E-state index contributed by atoms with van der Waals surface area (Å²) in [6, 6.07) is 0. The van der Waals surface area contributed by atoms with Crippen LogP contribution in [-0.2, 0) is 37.4 Å². The van der Waals surface area contributed by atoms with Crippen molar-refractivity contribution in [3.05, 3.63) is 48.6 Å². The molecule has 3 unspecified atom stereocenters. The SMILES string of the molecule is CCCCC/C=C\C/C=C\C/C=C\CC1OC1CCCC(=O)O[C@H](COC(=O)CCCCCCCCCCC/C=C\CCCCCCCC)COP(=O)(O)OCCN. The van der Waals surface area contributed by atoms with Crippen LogP contribution < -0.4 is 5.73 Å². The van der Waals surface area contributed by atoms with Crippen LogP contribution in [0.3, 0.4) is 0 Å². The van der Waals surface area contributed by atoms with Crippen LogP contribution in [0.1, 0.15) is 194 Å². The van der Waals surface area contributed by atoms with Crippen molar-refractivity contribution in [1.29, 1.82) is 0 Å². The minimum atomic E-state index is -4.41. The minimum absolute atomic E-state index is 0.0397. The van der Waals surface area contributed by atoms with Gasteiger partial charge in [-0.05, 0) is 77.0 Å². The fraction of sp³-hybridized carbons (Fsp3) is 0.787. The van der Waals surface area contributed by atoms with E-state index in [1.165, 1.54) is 103 Å². The molecule has 0 bridgehead atoms. The number of carbonyl (C=O) groups excluding carboxylic acids is 2. The van der Waals surface area contributed by atoms with E-state index in [4.69, 9.17) is 29.0 Å². The van der Waals surface area contributed by atoms with Crippen molar-refractivity contribution >= 4 is 19.8 Å². The first-order chi connectivity index (χ1) is 28.3. The summed E-state index contributed by atoms with van der Waals surface area (Å²) in [7, 11) is -4.41. The van der Waals surface area contributed by atoms with E-state index in [0.717, 1.165) is 57.8 Å². The van der Waals surface area contributed by atoms with Crippen molar-refractivity contribution in [2.75, 3.05) is 26.4 Å². The predicted octanol–water partition coefficient (Wildman–Crippen LogP) is 12.5. The van der Waals surface area contributed by atoms with Crippen LogP contribution in [0.25, 0.3) is 0 Å². The number of hydrogen-bond acceptors (Lipinski definition) is 9. The number of epoxide rings is 1. The molecule has 4 atom stereocenters. The van der Waals surface area contributed by atoms with Gasteiger partial charge >= 0.3 is 19.8 Å². The third-order valence-corrected chi connectivity index (χ3v) is 11.1. The molecule has 336 valence electrons. The summed E-state index contributed by atoms with van der Waals surface area (Å²) in [6.45, 7) is 3.62. The quantitative estimate of drug-likeness (QED) is 0.0200. The molecule has 0 aromatic carbocycles. The molecule has 1 heterocycles. The largest absolute Gasteiger partial charge is 0.472 e. The lowest BCUT2D eigenvalue weighted by Crippen LogP contribution is -2.29. The van der Waals surface area contributed by atoms with E-state index < -0.39 is 32.5 Å². The van der Waals surface area contributed by atoms with E-state index in [2.05, 4.69) is 62.5 Å². The van der Waals surface area contributed by atoms with Gasteiger partial charge in [0.05, 0.1) is 25.4 Å². The van der Waals surface area contributed by atoms with Crippen LogP contribution >= 0.6 is 7.82 Å². The number of allylic oxidation sites excluding steroid dienone is 7. The number of phosphoric acid groups is 1. The minimum Gasteiger partial charge on any atom is -0.462 e. The van der Waals surface area contributed by atoms with Gasteiger partial charge in [0.25, 0.3) is 0 Å². The third-order valence-electron chi connectivity index (χ3n) is 10.1. The Hall–Kier alpha value is -2.07. The molecular weight excluding hydrogens is 753 g/mol. The van der Waals surface area contributed by atoms with Gasteiger partial charge in [-0.2, -0.15) is 0 Å². The monoisotopic (exact) mass is 838 g/mol. The van der Waals surface area contributed by atoms with Crippen molar-refractivity contribution in [2.24, 2.45) is 5.73 Å². The summed E-state index contributed by atoms with van der Waals surface area (Å²) in [5.74, 6) is -0.906. The lowest BCUT2D eigenvalue weighted by atomic mass is 10.1. The van der Waals surface area contributed by atoms with Crippen molar-refractivity contribution in [3.8, 4) is 0 Å². The van der Waals surface area contributed by atoms with Crippen molar-refractivity contribution in [2.45, 2.75) is 212 Å². The molecule has 58 heavy (non-hydrogen) atoms. The summed E-state index contributed by atoms with van der Waals surface area (Å²) in [5.41, 5.74) is 5.36. The fourth-order valence-corrected chi connectivity index (χ4v) is 7.30. The van der Waals surface area contributed by atoms with E-state index in [1.54, 1.807) is 0 Å². The Bertz CT molecular complexity index is 1160. The molecule has 0 saturated carbocycles. The first-order valence-electron chi connectivity index (χ1n) is 23.2. The Morgan fingerprint density at radius 3 is 1.74 bits per heavy atom. The molecule has 0 amide bonds. The lowest BCUT2D eigenvalue weighted by Gasteiger charge is -2.19.